The molecular weight excluding hydrogens is 424 g/mol. The summed E-state index contributed by atoms with van der Waals surface area (Å²) < 4.78 is 0.863. The lowest BCUT2D eigenvalue weighted by Gasteiger charge is -2.35. The highest BCUT2D eigenvalue weighted by Crippen LogP contribution is 2.28. The monoisotopic (exact) mass is 436 g/mol. The van der Waals surface area contributed by atoms with E-state index in [9.17, 15) is 4.79 Å². The van der Waals surface area contributed by atoms with E-state index in [1.807, 2.05) is 16.3 Å². The number of anilines is 1. The van der Waals surface area contributed by atoms with E-state index in [1.165, 1.54) is 0 Å². The first-order chi connectivity index (χ1) is 12.1. The summed E-state index contributed by atoms with van der Waals surface area (Å²) in [6.45, 7) is 2.76. The average Bonchev–Trinajstić information content (AvgIpc) is 3.10. The zero-order valence-corrected chi connectivity index (χ0v) is 16.3. The van der Waals surface area contributed by atoms with Crippen LogP contribution in [-0.4, -0.2) is 47.0 Å². The number of nitrogens with zero attached hydrogens (tertiary/aromatic N) is 4. The molecule has 0 radical (unpaired) electrons. The second-order valence-electron chi connectivity index (χ2n) is 5.74. The van der Waals surface area contributed by atoms with Crippen molar-refractivity contribution in [3.8, 4) is 0 Å². The maximum Gasteiger partial charge on any atom is 0.255 e. The number of benzene rings is 1. The van der Waals surface area contributed by atoms with Gasteiger partial charge in [0.2, 0.25) is 0 Å². The number of aromatic nitrogens is 2. The van der Waals surface area contributed by atoms with E-state index in [4.69, 9.17) is 11.6 Å². The summed E-state index contributed by atoms with van der Waals surface area (Å²) in [5.74, 6) is 0.917. The minimum atomic E-state index is -0.0273. The molecule has 128 valence electrons. The molecule has 1 saturated heterocycles. The van der Waals surface area contributed by atoms with Crippen molar-refractivity contribution in [3.63, 3.8) is 0 Å². The molecule has 5 nitrogen and oxygen atoms in total. The Balaban J connectivity index is 1.50. The van der Waals surface area contributed by atoms with Gasteiger partial charge in [0.1, 0.15) is 17.0 Å². The number of carbonyl (C=O) groups excluding carboxylic acids is 1. The fraction of sp³-hybridized carbons (Fsp3) is 0.235. The first kappa shape index (κ1) is 16.8. The van der Waals surface area contributed by atoms with Gasteiger partial charge < -0.3 is 9.80 Å². The van der Waals surface area contributed by atoms with Crippen LogP contribution >= 0.6 is 38.9 Å². The standard InChI is InChI=1S/C17H14BrClN4OS/c18-11-1-2-12(14(19)9-11)17(24)23-6-4-22(5-7-23)15-13-3-8-25-16(13)21-10-20-15/h1-3,8-10H,4-7H2. The number of thiophene rings is 1. The molecule has 4 rings (SSSR count). The highest BCUT2D eigenvalue weighted by atomic mass is 79.9. The maximum absolute atomic E-state index is 12.7. The van der Waals surface area contributed by atoms with E-state index in [-0.39, 0.29) is 5.91 Å². The van der Waals surface area contributed by atoms with Crippen LogP contribution in [0, 0.1) is 0 Å². The molecule has 0 spiro atoms. The van der Waals surface area contributed by atoms with Crippen LogP contribution in [0.25, 0.3) is 10.2 Å². The molecule has 1 aromatic carbocycles. The number of halogens is 2. The third kappa shape index (κ3) is 3.23. The normalized spacial score (nSPS) is 15.0. The molecule has 1 aliphatic heterocycles. The molecule has 3 heterocycles. The van der Waals surface area contributed by atoms with E-state index in [1.54, 1.807) is 29.8 Å². The largest absolute Gasteiger partial charge is 0.352 e. The second-order valence-corrected chi connectivity index (χ2v) is 7.96. The van der Waals surface area contributed by atoms with Gasteiger partial charge in [-0.2, -0.15) is 0 Å². The number of amides is 1. The molecule has 1 amide bonds. The van der Waals surface area contributed by atoms with Crippen molar-refractivity contribution in [1.82, 2.24) is 14.9 Å². The molecule has 0 aliphatic carbocycles. The molecule has 25 heavy (non-hydrogen) atoms. The molecular formula is C17H14BrClN4OS. The summed E-state index contributed by atoms with van der Waals surface area (Å²) in [5, 5.41) is 3.57. The predicted molar refractivity (Wildman–Crippen MR) is 105 cm³/mol. The zero-order valence-electron chi connectivity index (χ0n) is 13.2. The number of hydrogen-bond acceptors (Lipinski definition) is 5. The Morgan fingerprint density at radius 1 is 1.16 bits per heavy atom. The van der Waals surface area contributed by atoms with Crippen molar-refractivity contribution in [2.45, 2.75) is 0 Å². The summed E-state index contributed by atoms with van der Waals surface area (Å²) in [6.07, 6.45) is 1.60. The quantitative estimate of drug-likeness (QED) is 0.606. The minimum absolute atomic E-state index is 0.0273. The van der Waals surface area contributed by atoms with Gasteiger partial charge in [0, 0.05) is 30.7 Å². The van der Waals surface area contributed by atoms with E-state index in [0.29, 0.717) is 23.7 Å². The smallest absolute Gasteiger partial charge is 0.255 e. The number of hydrogen-bond donors (Lipinski definition) is 0. The molecule has 0 N–H and O–H groups in total. The summed E-state index contributed by atoms with van der Waals surface area (Å²) in [5.41, 5.74) is 0.542. The van der Waals surface area contributed by atoms with Crippen LogP contribution in [0.2, 0.25) is 5.02 Å². The van der Waals surface area contributed by atoms with Crippen LogP contribution in [0.15, 0.2) is 40.4 Å². The highest BCUT2D eigenvalue weighted by molar-refractivity contribution is 9.10. The van der Waals surface area contributed by atoms with Gasteiger partial charge in [-0.25, -0.2) is 9.97 Å². The van der Waals surface area contributed by atoms with Crippen LogP contribution in [0.1, 0.15) is 10.4 Å². The van der Waals surface area contributed by atoms with Crippen molar-refractivity contribution >= 4 is 60.8 Å². The van der Waals surface area contributed by atoms with Crippen molar-refractivity contribution in [2.75, 3.05) is 31.1 Å². The van der Waals surface area contributed by atoms with Crippen molar-refractivity contribution in [1.29, 1.82) is 0 Å². The molecule has 0 bridgehead atoms. The first-order valence-corrected chi connectivity index (χ1v) is 9.86. The first-order valence-electron chi connectivity index (χ1n) is 7.81. The average molecular weight is 438 g/mol. The Bertz CT molecular complexity index is 939. The van der Waals surface area contributed by atoms with Gasteiger partial charge in [-0.15, -0.1) is 11.3 Å². The van der Waals surface area contributed by atoms with Crippen LogP contribution in [0.3, 0.4) is 0 Å². The summed E-state index contributed by atoms with van der Waals surface area (Å²) in [4.78, 5) is 26.5. The van der Waals surface area contributed by atoms with Crippen molar-refractivity contribution < 1.29 is 4.79 Å². The Labute approximate surface area is 162 Å². The van der Waals surface area contributed by atoms with Crippen LogP contribution < -0.4 is 4.90 Å². The molecule has 0 atom stereocenters. The van der Waals surface area contributed by atoms with Gasteiger partial charge in [-0.1, -0.05) is 27.5 Å². The fourth-order valence-electron chi connectivity index (χ4n) is 2.98. The van der Waals surface area contributed by atoms with Gasteiger partial charge in [0.15, 0.2) is 0 Å². The lowest BCUT2D eigenvalue weighted by molar-refractivity contribution is 0.0747. The van der Waals surface area contributed by atoms with Crippen molar-refractivity contribution in [3.05, 3.63) is 51.0 Å². The van der Waals surface area contributed by atoms with Gasteiger partial charge in [0.05, 0.1) is 16.0 Å². The Kier molecular flexibility index (Phi) is 4.62. The molecule has 0 saturated carbocycles. The molecule has 1 fully saturated rings. The summed E-state index contributed by atoms with van der Waals surface area (Å²) in [6, 6.07) is 7.40. The third-order valence-electron chi connectivity index (χ3n) is 4.27. The SMILES string of the molecule is O=C(c1ccc(Br)cc1Cl)N1CCN(c2ncnc3sccc23)CC1. The topological polar surface area (TPSA) is 49.3 Å². The number of piperazine rings is 1. The zero-order chi connectivity index (χ0) is 17.4. The van der Waals surface area contributed by atoms with Gasteiger partial charge in [-0.05, 0) is 29.6 Å². The van der Waals surface area contributed by atoms with E-state index >= 15 is 0 Å². The van der Waals surface area contributed by atoms with Gasteiger partial charge in [0.25, 0.3) is 5.91 Å². The number of rotatable bonds is 2. The Morgan fingerprint density at radius 2 is 1.96 bits per heavy atom. The lowest BCUT2D eigenvalue weighted by Crippen LogP contribution is -2.49. The van der Waals surface area contributed by atoms with Gasteiger partial charge in [-0.3, -0.25) is 4.79 Å². The second kappa shape index (κ2) is 6.90. The summed E-state index contributed by atoms with van der Waals surface area (Å²) in [7, 11) is 0. The highest BCUT2D eigenvalue weighted by Gasteiger charge is 2.25. The van der Waals surface area contributed by atoms with Crippen molar-refractivity contribution in [2.24, 2.45) is 0 Å². The lowest BCUT2D eigenvalue weighted by atomic mass is 10.1. The molecule has 3 aromatic rings. The Morgan fingerprint density at radius 3 is 2.72 bits per heavy atom. The molecule has 8 heteroatoms. The van der Waals surface area contributed by atoms with E-state index < -0.39 is 0 Å². The van der Waals surface area contributed by atoms with Gasteiger partial charge >= 0.3 is 0 Å². The maximum atomic E-state index is 12.7. The molecule has 1 aliphatic rings. The van der Waals surface area contributed by atoms with Crippen LogP contribution in [0.4, 0.5) is 5.82 Å². The molecule has 0 unspecified atom stereocenters. The summed E-state index contributed by atoms with van der Waals surface area (Å²) >= 11 is 11.2. The minimum Gasteiger partial charge on any atom is -0.352 e. The third-order valence-corrected chi connectivity index (χ3v) is 5.90. The predicted octanol–water partition coefficient (Wildman–Crippen LogP) is 4.07. The van der Waals surface area contributed by atoms with Crippen LogP contribution in [0.5, 0.6) is 0 Å². The van der Waals surface area contributed by atoms with Crippen LogP contribution in [-0.2, 0) is 0 Å². The Hall–Kier alpha value is -1.70. The number of fused-ring (bicyclic) bond motifs is 1. The fourth-order valence-corrected chi connectivity index (χ4v) is 4.47. The van der Waals surface area contributed by atoms with E-state index in [2.05, 4.69) is 36.9 Å². The van der Waals surface area contributed by atoms with E-state index in [0.717, 1.165) is 33.6 Å². The number of carbonyl (C=O) groups is 1. The molecule has 2 aromatic heterocycles.